The number of benzene rings is 1. The molecule has 0 saturated carbocycles. The lowest BCUT2D eigenvalue weighted by molar-refractivity contribution is 0.100. The van der Waals surface area contributed by atoms with Crippen molar-refractivity contribution in [2.75, 3.05) is 23.3 Å². The Morgan fingerprint density at radius 2 is 1.94 bits per heavy atom. The quantitative estimate of drug-likeness (QED) is 0.572. The molecular formula is C22H21F2N7O. The first kappa shape index (κ1) is 21.2. The van der Waals surface area contributed by atoms with Gasteiger partial charge in [-0.05, 0) is 49.2 Å². The van der Waals surface area contributed by atoms with Crippen molar-refractivity contribution in [3.63, 3.8) is 0 Å². The second-order valence-electron chi connectivity index (χ2n) is 7.69. The van der Waals surface area contributed by atoms with Gasteiger partial charge in [-0.25, -0.2) is 9.37 Å². The van der Waals surface area contributed by atoms with E-state index < -0.39 is 17.4 Å². The highest BCUT2D eigenvalue weighted by atomic mass is 19.1. The molecule has 0 bridgehead atoms. The summed E-state index contributed by atoms with van der Waals surface area (Å²) in [5.74, 6) is -1.38. The van der Waals surface area contributed by atoms with Crippen LogP contribution in [0.15, 0.2) is 48.8 Å². The smallest absolute Gasteiger partial charge is 0.254 e. The SMILES string of the molecule is N#CCC1(n2cc(C(N)=O)c(Nc3ccc(F)cc3)n2)CCN(c2cccnc2F)CC1. The van der Waals surface area contributed by atoms with Crippen LogP contribution in [0.2, 0.25) is 0 Å². The van der Waals surface area contributed by atoms with E-state index in [2.05, 4.69) is 21.5 Å². The Balaban J connectivity index is 1.62. The van der Waals surface area contributed by atoms with Crippen molar-refractivity contribution in [2.45, 2.75) is 24.8 Å². The summed E-state index contributed by atoms with van der Waals surface area (Å²) in [5.41, 5.74) is 5.98. The first-order chi connectivity index (χ1) is 15.4. The van der Waals surface area contributed by atoms with Crippen LogP contribution in [0, 0.1) is 23.1 Å². The van der Waals surface area contributed by atoms with Crippen LogP contribution in [0.4, 0.5) is 26.0 Å². The summed E-state index contributed by atoms with van der Waals surface area (Å²) in [4.78, 5) is 17.6. The minimum atomic E-state index is -0.684. The third kappa shape index (κ3) is 4.09. The van der Waals surface area contributed by atoms with Crippen molar-refractivity contribution in [2.24, 2.45) is 5.73 Å². The van der Waals surface area contributed by atoms with Gasteiger partial charge in [-0.1, -0.05) is 0 Å². The van der Waals surface area contributed by atoms with Gasteiger partial charge in [0.1, 0.15) is 11.4 Å². The standard InChI is InChI=1S/C22H21F2N7O/c23-15-3-5-16(6-4-15)28-21-17(20(26)32)14-31(29-21)22(7-10-25)8-12-30(13-9-22)18-2-1-11-27-19(18)24/h1-6,11,14H,7-9,12-13H2,(H2,26,32)(H,28,29). The van der Waals surface area contributed by atoms with Gasteiger partial charge in [-0.3, -0.25) is 9.48 Å². The number of anilines is 3. The van der Waals surface area contributed by atoms with Crippen molar-refractivity contribution >= 4 is 23.1 Å². The molecule has 1 amide bonds. The van der Waals surface area contributed by atoms with Crippen LogP contribution in [-0.4, -0.2) is 33.8 Å². The topological polar surface area (TPSA) is 113 Å². The van der Waals surface area contributed by atoms with Crippen LogP contribution in [0.1, 0.15) is 29.6 Å². The van der Waals surface area contributed by atoms with E-state index in [1.165, 1.54) is 36.7 Å². The van der Waals surface area contributed by atoms with Crippen molar-refractivity contribution in [3.05, 3.63) is 66.1 Å². The number of carbonyl (C=O) groups is 1. The molecule has 3 N–H and O–H groups in total. The number of primary amides is 1. The highest BCUT2D eigenvalue weighted by molar-refractivity contribution is 5.98. The normalized spacial score (nSPS) is 15.2. The van der Waals surface area contributed by atoms with E-state index in [-0.39, 0.29) is 23.6 Å². The van der Waals surface area contributed by atoms with E-state index in [0.29, 0.717) is 37.3 Å². The van der Waals surface area contributed by atoms with Gasteiger partial charge in [0.2, 0.25) is 5.95 Å². The molecule has 2 aromatic heterocycles. The number of rotatable bonds is 6. The van der Waals surface area contributed by atoms with E-state index in [0.717, 1.165) is 0 Å². The zero-order valence-electron chi connectivity index (χ0n) is 17.1. The molecule has 4 rings (SSSR count). The van der Waals surface area contributed by atoms with Gasteiger partial charge in [-0.2, -0.15) is 14.8 Å². The summed E-state index contributed by atoms with van der Waals surface area (Å²) in [6.07, 6.45) is 4.10. The molecule has 0 radical (unpaired) electrons. The van der Waals surface area contributed by atoms with E-state index in [9.17, 15) is 18.8 Å². The van der Waals surface area contributed by atoms with Crippen LogP contribution in [-0.2, 0) is 5.54 Å². The van der Waals surface area contributed by atoms with Crippen molar-refractivity contribution < 1.29 is 13.6 Å². The Kier molecular flexibility index (Phi) is 5.73. The average molecular weight is 437 g/mol. The van der Waals surface area contributed by atoms with E-state index in [1.54, 1.807) is 16.8 Å². The van der Waals surface area contributed by atoms with Crippen LogP contribution in [0.3, 0.4) is 0 Å². The second-order valence-corrected chi connectivity index (χ2v) is 7.69. The molecule has 10 heteroatoms. The highest BCUT2D eigenvalue weighted by Crippen LogP contribution is 2.36. The molecule has 1 saturated heterocycles. The Labute approximate surface area is 183 Å². The van der Waals surface area contributed by atoms with Crippen LogP contribution in [0.5, 0.6) is 0 Å². The number of amides is 1. The third-order valence-corrected chi connectivity index (χ3v) is 5.76. The molecule has 0 atom stereocenters. The van der Waals surface area contributed by atoms with Crippen LogP contribution >= 0.6 is 0 Å². The fourth-order valence-corrected chi connectivity index (χ4v) is 3.97. The zero-order valence-corrected chi connectivity index (χ0v) is 17.1. The van der Waals surface area contributed by atoms with E-state index >= 15 is 0 Å². The summed E-state index contributed by atoms with van der Waals surface area (Å²) >= 11 is 0. The molecule has 0 spiro atoms. The van der Waals surface area contributed by atoms with Gasteiger partial charge < -0.3 is 16.0 Å². The Morgan fingerprint density at radius 3 is 2.56 bits per heavy atom. The van der Waals surface area contributed by atoms with E-state index in [4.69, 9.17) is 5.73 Å². The lowest BCUT2D eigenvalue weighted by Crippen LogP contribution is -2.46. The molecular weight excluding hydrogens is 416 g/mol. The fraction of sp³-hybridized carbons (Fsp3) is 0.273. The first-order valence-electron chi connectivity index (χ1n) is 10.1. The molecule has 1 aromatic carbocycles. The summed E-state index contributed by atoms with van der Waals surface area (Å²) in [6, 6.07) is 11.2. The predicted molar refractivity (Wildman–Crippen MR) is 114 cm³/mol. The van der Waals surface area contributed by atoms with Crippen molar-refractivity contribution in [1.82, 2.24) is 14.8 Å². The maximum absolute atomic E-state index is 14.1. The van der Waals surface area contributed by atoms with Gasteiger partial charge in [-0.15, -0.1) is 0 Å². The monoisotopic (exact) mass is 437 g/mol. The second kappa shape index (κ2) is 8.63. The summed E-state index contributed by atoms with van der Waals surface area (Å²) in [5, 5.41) is 17.0. The lowest BCUT2D eigenvalue weighted by atomic mass is 9.84. The Hall–Kier alpha value is -4.00. The maximum atomic E-state index is 14.1. The molecule has 1 fully saturated rings. The minimum Gasteiger partial charge on any atom is -0.368 e. The molecule has 0 aliphatic carbocycles. The summed E-state index contributed by atoms with van der Waals surface area (Å²) < 4.78 is 28.9. The number of carbonyl (C=O) groups excluding carboxylic acids is 1. The van der Waals surface area contributed by atoms with Crippen LogP contribution in [0.25, 0.3) is 0 Å². The number of nitrogens with zero attached hydrogens (tertiary/aromatic N) is 5. The predicted octanol–water partition coefficient (Wildman–Crippen LogP) is 3.31. The van der Waals surface area contributed by atoms with Gasteiger partial charge in [0.15, 0.2) is 5.82 Å². The number of nitrogens with two attached hydrogens (primary N) is 1. The maximum Gasteiger partial charge on any atom is 0.254 e. The number of aromatic nitrogens is 3. The number of nitrogens with one attached hydrogen (secondary N) is 1. The van der Waals surface area contributed by atoms with Gasteiger partial charge in [0.25, 0.3) is 5.91 Å². The molecule has 3 heterocycles. The van der Waals surface area contributed by atoms with Gasteiger partial charge >= 0.3 is 0 Å². The summed E-state index contributed by atoms with van der Waals surface area (Å²) in [6.45, 7) is 0.966. The molecule has 1 aliphatic heterocycles. The minimum absolute atomic E-state index is 0.159. The molecule has 3 aromatic rings. The molecule has 0 unspecified atom stereocenters. The number of pyridine rings is 1. The summed E-state index contributed by atoms with van der Waals surface area (Å²) in [7, 11) is 0. The van der Waals surface area contributed by atoms with Crippen molar-refractivity contribution in [1.29, 1.82) is 5.26 Å². The molecule has 1 aliphatic rings. The fourth-order valence-electron chi connectivity index (χ4n) is 3.97. The van der Waals surface area contributed by atoms with Gasteiger partial charge in [0.05, 0.1) is 23.7 Å². The number of nitriles is 1. The zero-order chi connectivity index (χ0) is 22.7. The molecule has 32 heavy (non-hydrogen) atoms. The molecule has 8 nitrogen and oxygen atoms in total. The molecule has 164 valence electrons. The van der Waals surface area contributed by atoms with Crippen molar-refractivity contribution in [3.8, 4) is 6.07 Å². The van der Waals surface area contributed by atoms with E-state index in [1.807, 2.05) is 4.90 Å². The average Bonchev–Trinajstić information content (AvgIpc) is 3.21. The van der Waals surface area contributed by atoms with Crippen LogP contribution < -0.4 is 16.0 Å². The number of halogens is 2. The lowest BCUT2D eigenvalue weighted by Gasteiger charge is -2.41. The number of piperidine rings is 1. The number of hydrogen-bond acceptors (Lipinski definition) is 6. The Morgan fingerprint density at radius 1 is 1.22 bits per heavy atom. The number of hydrogen-bond donors (Lipinski definition) is 2. The largest absolute Gasteiger partial charge is 0.368 e. The third-order valence-electron chi connectivity index (χ3n) is 5.76. The Bertz CT molecular complexity index is 1160. The first-order valence-corrected chi connectivity index (χ1v) is 10.1. The highest BCUT2D eigenvalue weighted by Gasteiger charge is 2.38. The van der Waals surface area contributed by atoms with Gasteiger partial charge in [0, 0.05) is 31.2 Å².